The minimum atomic E-state index is -0.257. The molecule has 1 atom stereocenters. The SMILES string of the molecule is Cc1cc(N)ccc1CCCc1c[nH]c2c(CCC(C)O)cccc12. The van der Waals surface area contributed by atoms with E-state index in [9.17, 15) is 5.11 Å². The number of H-pyrrole nitrogens is 1. The highest BCUT2D eigenvalue weighted by atomic mass is 16.3. The Morgan fingerprint density at radius 3 is 2.60 bits per heavy atom. The van der Waals surface area contributed by atoms with E-state index in [1.807, 2.05) is 13.0 Å². The Kier molecular flexibility index (Phi) is 5.44. The van der Waals surface area contributed by atoms with Crippen molar-refractivity contribution in [2.24, 2.45) is 0 Å². The van der Waals surface area contributed by atoms with Crippen molar-refractivity contribution >= 4 is 16.6 Å². The van der Waals surface area contributed by atoms with Crippen LogP contribution >= 0.6 is 0 Å². The number of benzene rings is 2. The Hall–Kier alpha value is -2.26. The fourth-order valence-electron chi connectivity index (χ4n) is 3.52. The summed E-state index contributed by atoms with van der Waals surface area (Å²) < 4.78 is 0. The average molecular weight is 336 g/mol. The summed E-state index contributed by atoms with van der Waals surface area (Å²) in [6, 6.07) is 12.7. The molecule has 3 aromatic rings. The molecule has 3 rings (SSSR count). The third-order valence-corrected chi connectivity index (χ3v) is 4.98. The molecule has 25 heavy (non-hydrogen) atoms. The molecule has 0 saturated carbocycles. The molecule has 132 valence electrons. The van der Waals surface area contributed by atoms with Crippen molar-refractivity contribution in [1.29, 1.82) is 0 Å². The number of anilines is 1. The molecule has 3 heteroatoms. The lowest BCUT2D eigenvalue weighted by Crippen LogP contribution is -2.01. The fraction of sp³-hybridized carbons (Fsp3) is 0.364. The lowest BCUT2D eigenvalue weighted by Gasteiger charge is -2.07. The molecule has 0 fully saturated rings. The first-order valence-corrected chi connectivity index (χ1v) is 9.15. The van der Waals surface area contributed by atoms with Gasteiger partial charge in [-0.05, 0) is 80.3 Å². The van der Waals surface area contributed by atoms with Gasteiger partial charge in [0.05, 0.1) is 6.10 Å². The van der Waals surface area contributed by atoms with Gasteiger partial charge < -0.3 is 15.8 Å². The normalized spacial score (nSPS) is 12.6. The molecule has 0 aliphatic carbocycles. The highest BCUT2D eigenvalue weighted by Gasteiger charge is 2.09. The van der Waals surface area contributed by atoms with Crippen LogP contribution in [-0.4, -0.2) is 16.2 Å². The van der Waals surface area contributed by atoms with Crippen LogP contribution in [-0.2, 0) is 19.3 Å². The van der Waals surface area contributed by atoms with Crippen LogP contribution in [0.3, 0.4) is 0 Å². The van der Waals surface area contributed by atoms with Crippen LogP contribution in [0.1, 0.15) is 42.0 Å². The zero-order valence-corrected chi connectivity index (χ0v) is 15.2. The molecule has 0 spiro atoms. The number of nitrogen functional groups attached to an aromatic ring is 1. The van der Waals surface area contributed by atoms with Crippen LogP contribution in [0.15, 0.2) is 42.6 Å². The van der Waals surface area contributed by atoms with Crippen molar-refractivity contribution in [2.45, 2.75) is 52.1 Å². The second-order valence-corrected chi connectivity index (χ2v) is 7.08. The monoisotopic (exact) mass is 336 g/mol. The second kappa shape index (κ2) is 7.75. The van der Waals surface area contributed by atoms with Gasteiger partial charge in [-0.25, -0.2) is 0 Å². The molecule has 0 aliphatic rings. The van der Waals surface area contributed by atoms with Crippen LogP contribution in [0.4, 0.5) is 5.69 Å². The van der Waals surface area contributed by atoms with E-state index in [-0.39, 0.29) is 6.10 Å². The lowest BCUT2D eigenvalue weighted by molar-refractivity contribution is 0.185. The number of para-hydroxylation sites is 1. The Balaban J connectivity index is 1.68. The smallest absolute Gasteiger partial charge is 0.0515 e. The molecule has 4 N–H and O–H groups in total. The van der Waals surface area contributed by atoms with E-state index < -0.39 is 0 Å². The van der Waals surface area contributed by atoms with Gasteiger partial charge in [0.25, 0.3) is 0 Å². The number of nitrogens with two attached hydrogens (primary N) is 1. The molecule has 0 saturated heterocycles. The zero-order valence-electron chi connectivity index (χ0n) is 15.2. The largest absolute Gasteiger partial charge is 0.399 e. The van der Waals surface area contributed by atoms with E-state index in [2.05, 4.69) is 48.4 Å². The Labute approximate surface area is 149 Å². The van der Waals surface area contributed by atoms with Crippen molar-refractivity contribution < 1.29 is 5.11 Å². The predicted octanol–water partition coefficient (Wildman–Crippen LogP) is 4.55. The van der Waals surface area contributed by atoms with Crippen molar-refractivity contribution in [3.8, 4) is 0 Å². The first-order valence-electron chi connectivity index (χ1n) is 9.15. The minimum absolute atomic E-state index is 0.257. The topological polar surface area (TPSA) is 62.0 Å². The van der Waals surface area contributed by atoms with E-state index in [1.165, 1.54) is 33.2 Å². The molecular formula is C22H28N2O. The summed E-state index contributed by atoms with van der Waals surface area (Å²) >= 11 is 0. The van der Waals surface area contributed by atoms with Gasteiger partial charge in [0, 0.05) is 22.8 Å². The quantitative estimate of drug-likeness (QED) is 0.554. The van der Waals surface area contributed by atoms with Gasteiger partial charge in [-0.15, -0.1) is 0 Å². The van der Waals surface area contributed by atoms with Crippen LogP contribution in [0.5, 0.6) is 0 Å². The van der Waals surface area contributed by atoms with Crippen LogP contribution in [0.25, 0.3) is 10.9 Å². The van der Waals surface area contributed by atoms with Gasteiger partial charge in [0.2, 0.25) is 0 Å². The molecule has 2 aromatic carbocycles. The number of rotatable bonds is 7. The number of fused-ring (bicyclic) bond motifs is 1. The van der Waals surface area contributed by atoms with E-state index in [0.29, 0.717) is 0 Å². The van der Waals surface area contributed by atoms with E-state index in [4.69, 9.17) is 5.73 Å². The summed E-state index contributed by atoms with van der Waals surface area (Å²) in [5.74, 6) is 0. The summed E-state index contributed by atoms with van der Waals surface area (Å²) in [5.41, 5.74) is 13.2. The molecule has 3 nitrogen and oxygen atoms in total. The lowest BCUT2D eigenvalue weighted by atomic mass is 9.98. The summed E-state index contributed by atoms with van der Waals surface area (Å²) in [4.78, 5) is 3.45. The van der Waals surface area contributed by atoms with Gasteiger partial charge in [-0.3, -0.25) is 0 Å². The highest BCUT2D eigenvalue weighted by molar-refractivity contribution is 5.86. The van der Waals surface area contributed by atoms with Gasteiger partial charge >= 0.3 is 0 Å². The zero-order chi connectivity index (χ0) is 17.8. The third kappa shape index (κ3) is 4.23. The van der Waals surface area contributed by atoms with Crippen molar-refractivity contribution in [3.63, 3.8) is 0 Å². The Morgan fingerprint density at radius 1 is 1.04 bits per heavy atom. The Morgan fingerprint density at radius 2 is 1.84 bits per heavy atom. The van der Waals surface area contributed by atoms with E-state index >= 15 is 0 Å². The maximum absolute atomic E-state index is 9.54. The van der Waals surface area contributed by atoms with Crippen LogP contribution < -0.4 is 5.73 Å². The molecule has 0 radical (unpaired) electrons. The number of aliphatic hydroxyl groups excluding tert-OH is 1. The minimum Gasteiger partial charge on any atom is -0.399 e. The molecule has 0 aliphatic heterocycles. The van der Waals surface area contributed by atoms with E-state index in [1.54, 1.807) is 0 Å². The summed E-state index contributed by atoms with van der Waals surface area (Å²) in [6.45, 7) is 3.98. The molecular weight excluding hydrogens is 308 g/mol. The van der Waals surface area contributed by atoms with E-state index in [0.717, 1.165) is 37.8 Å². The van der Waals surface area contributed by atoms with Gasteiger partial charge in [-0.1, -0.05) is 24.3 Å². The molecule has 0 amide bonds. The summed E-state index contributed by atoms with van der Waals surface area (Å²) in [7, 11) is 0. The number of aryl methyl sites for hydroxylation is 4. The van der Waals surface area contributed by atoms with Gasteiger partial charge in [0.15, 0.2) is 0 Å². The number of aromatic amines is 1. The number of aliphatic hydroxyl groups is 1. The third-order valence-electron chi connectivity index (χ3n) is 4.98. The molecule has 1 heterocycles. The van der Waals surface area contributed by atoms with Crippen molar-refractivity contribution in [1.82, 2.24) is 4.98 Å². The maximum Gasteiger partial charge on any atom is 0.0515 e. The average Bonchev–Trinajstić information content (AvgIpc) is 2.99. The standard InChI is InChI=1S/C22H28N2O/c1-15-13-20(23)12-11-17(15)5-3-7-19-14-24-22-18(10-9-16(2)25)6-4-8-21(19)22/h4,6,8,11-14,16,24-25H,3,5,7,9-10,23H2,1-2H3. The van der Waals surface area contributed by atoms with Crippen molar-refractivity contribution in [2.75, 3.05) is 5.73 Å². The molecule has 1 aromatic heterocycles. The van der Waals surface area contributed by atoms with Gasteiger partial charge in [0.1, 0.15) is 0 Å². The first kappa shape index (κ1) is 17.6. The van der Waals surface area contributed by atoms with Crippen LogP contribution in [0.2, 0.25) is 0 Å². The number of hydrogen-bond acceptors (Lipinski definition) is 2. The van der Waals surface area contributed by atoms with Gasteiger partial charge in [-0.2, -0.15) is 0 Å². The molecule has 0 bridgehead atoms. The number of aromatic nitrogens is 1. The highest BCUT2D eigenvalue weighted by Crippen LogP contribution is 2.25. The molecule has 1 unspecified atom stereocenters. The van der Waals surface area contributed by atoms with Crippen molar-refractivity contribution in [3.05, 3.63) is 64.8 Å². The summed E-state index contributed by atoms with van der Waals surface area (Å²) in [6.07, 6.45) is 6.84. The first-order chi connectivity index (χ1) is 12.0. The Bertz CT molecular complexity index is 848. The predicted molar refractivity (Wildman–Crippen MR) is 106 cm³/mol. The number of hydrogen-bond donors (Lipinski definition) is 3. The van der Waals surface area contributed by atoms with Crippen LogP contribution in [0, 0.1) is 6.92 Å². The fourth-order valence-corrected chi connectivity index (χ4v) is 3.52. The summed E-state index contributed by atoms with van der Waals surface area (Å²) in [5, 5.41) is 10.9. The maximum atomic E-state index is 9.54. The second-order valence-electron chi connectivity index (χ2n) is 7.08. The number of nitrogens with one attached hydrogen (secondary N) is 1.